The van der Waals surface area contributed by atoms with Gasteiger partial charge in [0.2, 0.25) is 0 Å². The number of hydrogen-bond donors (Lipinski definition) is 7. The zero-order valence-electron chi connectivity index (χ0n) is 26.7. The van der Waals surface area contributed by atoms with Crippen LogP contribution in [-0.2, 0) is 40.3 Å². The van der Waals surface area contributed by atoms with Gasteiger partial charge in [-0.2, -0.15) is 13.5 Å². The lowest BCUT2D eigenvalue weighted by atomic mass is 9.40. The number of nitrogens with zero attached hydrogens (tertiary/aromatic N) is 3. The van der Waals surface area contributed by atoms with Gasteiger partial charge in [-0.25, -0.2) is 9.78 Å². The summed E-state index contributed by atoms with van der Waals surface area (Å²) in [5.41, 5.74) is 9.34. The lowest BCUT2D eigenvalue weighted by Crippen LogP contribution is -2.76. The summed E-state index contributed by atoms with van der Waals surface area (Å²) in [6.07, 6.45) is 2.41. The Hall–Kier alpha value is -4.37. The fourth-order valence-corrected chi connectivity index (χ4v) is 7.98. The molecule has 7 rings (SSSR count). The minimum absolute atomic E-state index is 0.0200. The summed E-state index contributed by atoms with van der Waals surface area (Å²) in [5, 5.41) is 30.1. The molecule has 3 heterocycles. The van der Waals surface area contributed by atoms with Crippen molar-refractivity contribution in [2.45, 2.75) is 81.7 Å². The van der Waals surface area contributed by atoms with Gasteiger partial charge in [-0.1, -0.05) is 5.16 Å². The predicted molar refractivity (Wildman–Crippen MR) is 173 cm³/mol. The average Bonchev–Trinajstić information content (AvgIpc) is 3.43. The van der Waals surface area contributed by atoms with Crippen molar-refractivity contribution in [2.24, 2.45) is 16.3 Å². The van der Waals surface area contributed by atoms with E-state index in [2.05, 4.69) is 25.1 Å². The van der Waals surface area contributed by atoms with E-state index in [-0.39, 0.29) is 34.0 Å². The predicted octanol–water partition coefficient (Wildman–Crippen LogP) is 0.319. The Morgan fingerprint density at radius 3 is 2.57 bits per heavy atom. The van der Waals surface area contributed by atoms with Crippen LogP contribution < -0.4 is 26.8 Å². The summed E-state index contributed by atoms with van der Waals surface area (Å²) in [6, 6.07) is 3.86. The number of aromatic nitrogens is 1. The van der Waals surface area contributed by atoms with Crippen LogP contribution in [0.15, 0.2) is 28.7 Å². The summed E-state index contributed by atoms with van der Waals surface area (Å²) in [4.78, 5) is 48.3. The van der Waals surface area contributed by atoms with Gasteiger partial charge in [0.25, 0.3) is 17.4 Å². The molecule has 3 aliphatic carbocycles. The molecule has 0 radical (unpaired) electrons. The van der Waals surface area contributed by atoms with Crippen molar-refractivity contribution in [3.63, 3.8) is 0 Å². The molecule has 9 N–H and O–H groups in total. The standard InChI is InChI=1S/C29H36N8O10S2/c1-26(2)20(23(39)37(26)47-49(42,43)44)35-22(38)19(16-9-48-25(31)34-16)36-46-27(3,24(40)41)18-7-5-14-8-15(4-6-17(14)45-18)21(30)33-13-28-10-29(32,11-28)12-28/h4,6,8-9,18,20H,5,7,10-13,32H2,1-3H3,(H2,30,33)(H2,31,34)(H,35,38)(H,40,41)(H,42,43,44)/b36-19-/t18-,20-,27?,28?,29?/m1/s1. The second kappa shape index (κ2) is 11.6. The Labute approximate surface area is 284 Å². The third-order valence-electron chi connectivity index (χ3n) is 9.58. The Morgan fingerprint density at radius 1 is 1.31 bits per heavy atom. The number of nitrogen functional groups attached to an aromatic ring is 1. The molecule has 49 heavy (non-hydrogen) atoms. The molecule has 2 bridgehead atoms. The number of fused-ring (bicyclic) bond motifs is 1. The molecule has 2 amide bonds. The number of carbonyl (C=O) groups is 3. The van der Waals surface area contributed by atoms with Gasteiger partial charge >= 0.3 is 16.4 Å². The number of carboxylic acids is 1. The highest BCUT2D eigenvalue weighted by molar-refractivity contribution is 7.80. The lowest BCUT2D eigenvalue weighted by molar-refractivity contribution is -0.218. The minimum atomic E-state index is -5.03. The van der Waals surface area contributed by atoms with E-state index in [1.54, 1.807) is 12.1 Å². The smallest absolute Gasteiger partial charge is 0.418 e. The molecule has 2 aromatic rings. The van der Waals surface area contributed by atoms with Gasteiger partial charge < -0.3 is 36.8 Å². The molecular formula is C29H36N8O10S2. The van der Waals surface area contributed by atoms with Gasteiger partial charge in [0, 0.05) is 23.0 Å². The summed E-state index contributed by atoms with van der Waals surface area (Å²) in [5.74, 6) is -2.78. The van der Waals surface area contributed by atoms with E-state index in [9.17, 15) is 27.9 Å². The number of amides is 2. The number of β-lactam (4-membered cyclic amide) rings is 1. The summed E-state index contributed by atoms with van der Waals surface area (Å²) in [6.45, 7) is 4.66. The van der Waals surface area contributed by atoms with Gasteiger partial charge in [-0.3, -0.25) is 19.6 Å². The summed E-state index contributed by atoms with van der Waals surface area (Å²) >= 11 is 0.964. The molecule has 1 aromatic heterocycles. The number of rotatable bonds is 12. The van der Waals surface area contributed by atoms with Crippen molar-refractivity contribution in [3.8, 4) is 5.75 Å². The van der Waals surface area contributed by atoms with Crippen LogP contribution in [0.4, 0.5) is 5.13 Å². The maximum Gasteiger partial charge on any atom is 0.418 e. The number of nitrogens with one attached hydrogen (secondary N) is 3. The van der Waals surface area contributed by atoms with E-state index in [0.717, 1.165) is 36.2 Å². The Kier molecular flexibility index (Phi) is 8.17. The van der Waals surface area contributed by atoms with Crippen LogP contribution in [-0.4, -0.2) is 92.8 Å². The highest BCUT2D eigenvalue weighted by atomic mass is 32.3. The molecule has 20 heteroatoms. The monoisotopic (exact) mass is 720 g/mol. The summed E-state index contributed by atoms with van der Waals surface area (Å²) in [7, 11) is -5.03. The van der Waals surface area contributed by atoms with Crippen molar-refractivity contribution in [2.75, 3.05) is 12.3 Å². The molecule has 1 unspecified atom stereocenters. The maximum atomic E-state index is 13.4. The third kappa shape index (κ3) is 6.29. The van der Waals surface area contributed by atoms with Gasteiger partial charge in [0.15, 0.2) is 16.9 Å². The number of nitrogens with two attached hydrogens (primary N) is 2. The molecule has 18 nitrogen and oxygen atoms in total. The normalized spacial score (nSPS) is 28.0. The van der Waals surface area contributed by atoms with Gasteiger partial charge in [0.05, 0.1) is 5.54 Å². The van der Waals surface area contributed by atoms with Crippen molar-refractivity contribution < 1.29 is 46.3 Å². The van der Waals surface area contributed by atoms with Crippen molar-refractivity contribution in [3.05, 3.63) is 40.4 Å². The molecule has 3 saturated carbocycles. The van der Waals surface area contributed by atoms with Crippen LogP contribution in [0, 0.1) is 10.8 Å². The average molecular weight is 721 g/mol. The van der Waals surface area contributed by atoms with E-state index in [0.29, 0.717) is 29.3 Å². The number of ether oxygens (including phenoxy) is 1. The van der Waals surface area contributed by atoms with E-state index < -0.39 is 57.2 Å². The number of oxime groups is 1. The van der Waals surface area contributed by atoms with Gasteiger partial charge in [-0.05, 0) is 82.1 Å². The van der Waals surface area contributed by atoms with E-state index in [1.165, 1.54) is 26.2 Å². The van der Waals surface area contributed by atoms with Crippen LogP contribution in [0.5, 0.6) is 5.75 Å². The van der Waals surface area contributed by atoms with Gasteiger partial charge in [-0.15, -0.1) is 15.6 Å². The van der Waals surface area contributed by atoms with Crippen molar-refractivity contribution in [1.29, 1.82) is 5.41 Å². The van der Waals surface area contributed by atoms with Crippen LogP contribution in [0.1, 0.15) is 63.3 Å². The first-order valence-electron chi connectivity index (χ1n) is 15.2. The highest BCUT2D eigenvalue weighted by Crippen LogP contribution is 2.65. The van der Waals surface area contributed by atoms with Crippen LogP contribution in [0.25, 0.3) is 0 Å². The topological polar surface area (TPSA) is 282 Å². The number of carbonyl (C=O) groups excluding carboxylic acids is 2. The summed E-state index contributed by atoms with van der Waals surface area (Å²) < 4.78 is 41.7. The number of hydroxylamine groups is 2. The SMILES string of the molecule is CC(O/N=C(\C(=O)N[C@@H]1C(=O)N(OS(=O)(=O)O)C1(C)C)c1csc(N)n1)(C(=O)O)[C@H]1CCc2cc(C(=N)NCC34CC(N)(C3)C4)ccc2O1. The molecule has 4 fully saturated rings. The molecular weight excluding hydrogens is 684 g/mol. The van der Waals surface area contributed by atoms with Gasteiger partial charge in [0.1, 0.15) is 23.3 Å². The Balaban J connectivity index is 1.16. The lowest BCUT2D eigenvalue weighted by Gasteiger charge is -2.69. The zero-order chi connectivity index (χ0) is 35.7. The molecule has 264 valence electrons. The van der Waals surface area contributed by atoms with E-state index >= 15 is 0 Å². The third-order valence-corrected chi connectivity index (χ3v) is 10.6. The largest absolute Gasteiger partial charge is 0.485 e. The fraction of sp³-hybridized carbons (Fsp3) is 0.517. The molecule has 0 spiro atoms. The van der Waals surface area contributed by atoms with E-state index in [1.807, 2.05) is 6.07 Å². The maximum absolute atomic E-state index is 13.4. The number of amidine groups is 1. The van der Waals surface area contributed by atoms with Crippen molar-refractivity contribution >= 4 is 56.2 Å². The van der Waals surface area contributed by atoms with Crippen LogP contribution in [0.2, 0.25) is 0 Å². The van der Waals surface area contributed by atoms with E-state index in [4.69, 9.17) is 31.0 Å². The Morgan fingerprint density at radius 2 is 2.00 bits per heavy atom. The van der Waals surface area contributed by atoms with Crippen LogP contribution >= 0.6 is 11.3 Å². The number of thiazole rings is 1. The Bertz CT molecular complexity index is 1880. The first kappa shape index (κ1) is 34.5. The quantitative estimate of drug-likeness (QED) is 0.0511. The number of carboxylic acid groups (broad SMARTS) is 1. The number of aryl methyl sites for hydroxylation is 1. The minimum Gasteiger partial charge on any atom is -0.485 e. The number of hydrogen-bond acceptors (Lipinski definition) is 14. The highest BCUT2D eigenvalue weighted by Gasteiger charge is 2.65. The number of anilines is 1. The second-order valence-corrected chi connectivity index (χ2v) is 15.7. The molecule has 2 aliphatic heterocycles. The number of benzene rings is 1. The first-order valence-corrected chi connectivity index (χ1v) is 17.4. The zero-order valence-corrected chi connectivity index (χ0v) is 28.3. The molecule has 1 saturated heterocycles. The van der Waals surface area contributed by atoms with Crippen LogP contribution in [0.3, 0.4) is 0 Å². The van der Waals surface area contributed by atoms with Crippen molar-refractivity contribution in [1.82, 2.24) is 20.7 Å². The number of aliphatic carboxylic acids is 1. The fourth-order valence-electron chi connectivity index (χ4n) is 6.98. The molecule has 5 aliphatic rings. The second-order valence-electron chi connectivity index (χ2n) is 13.8. The molecule has 3 atom stereocenters. The first-order chi connectivity index (χ1) is 22.7. The molecule has 1 aromatic carbocycles.